The summed E-state index contributed by atoms with van der Waals surface area (Å²) in [4.78, 5) is 0. The predicted octanol–water partition coefficient (Wildman–Crippen LogP) is 2.55. The van der Waals surface area contributed by atoms with Crippen LogP contribution in [0.1, 0.15) is 17.5 Å². The maximum absolute atomic E-state index is 8.71. The van der Waals surface area contributed by atoms with E-state index in [9.17, 15) is 0 Å². The molecule has 0 aliphatic rings. The summed E-state index contributed by atoms with van der Waals surface area (Å²) < 4.78 is 0. The molecule has 2 rings (SSSR count). The van der Waals surface area contributed by atoms with Crippen LogP contribution in [0.4, 0.5) is 5.82 Å². The lowest BCUT2D eigenvalue weighted by molar-refractivity contribution is 0.292. The average Bonchev–Trinajstić information content (AvgIpc) is 2.43. The number of nitrogens with one attached hydrogen (secondary N) is 1. The molecule has 0 saturated carbocycles. The third kappa shape index (κ3) is 3.51. The Morgan fingerprint density at radius 3 is 2.53 bits per heavy atom. The third-order valence-corrected chi connectivity index (χ3v) is 3.11. The minimum Gasteiger partial charge on any atom is -0.396 e. The smallest absolute Gasteiger partial charge is 0.148 e. The summed E-state index contributed by atoms with van der Waals surface area (Å²) in [6.07, 6.45) is 0.709. The fraction of sp³-hybridized carbons (Fsp3) is 0.333. The Hall–Kier alpha value is -1.94. The van der Waals surface area contributed by atoms with Gasteiger partial charge in [-0.3, -0.25) is 0 Å². The molecular weight excluding hydrogens is 238 g/mol. The van der Waals surface area contributed by atoms with E-state index in [1.807, 2.05) is 12.1 Å². The Bertz CT molecular complexity index is 538. The second kappa shape index (κ2) is 6.29. The number of aryl methyl sites for hydroxylation is 2. The van der Waals surface area contributed by atoms with E-state index in [1.165, 1.54) is 11.1 Å². The molecule has 0 saturated heterocycles. The third-order valence-electron chi connectivity index (χ3n) is 3.11. The summed E-state index contributed by atoms with van der Waals surface area (Å²) in [6, 6.07) is 10.1. The molecule has 0 fully saturated rings. The number of aliphatic hydroxyl groups excluding tert-OH is 1. The van der Waals surface area contributed by atoms with Crippen LogP contribution in [0.15, 0.2) is 30.3 Å². The van der Waals surface area contributed by atoms with E-state index >= 15 is 0 Å². The summed E-state index contributed by atoms with van der Waals surface area (Å²) in [5, 5.41) is 20.2. The molecule has 4 nitrogen and oxygen atoms in total. The lowest BCUT2D eigenvalue weighted by atomic mass is 10.0. The van der Waals surface area contributed by atoms with E-state index in [0.29, 0.717) is 13.0 Å². The molecule has 0 bridgehead atoms. The molecule has 0 spiro atoms. The maximum Gasteiger partial charge on any atom is 0.148 e. The highest BCUT2D eigenvalue weighted by atomic mass is 16.3. The first-order valence-electron chi connectivity index (χ1n) is 6.47. The van der Waals surface area contributed by atoms with Gasteiger partial charge in [0.25, 0.3) is 0 Å². The quantitative estimate of drug-likeness (QED) is 0.808. The lowest BCUT2D eigenvalue weighted by Gasteiger charge is -2.06. The van der Waals surface area contributed by atoms with Crippen LogP contribution in [0.2, 0.25) is 0 Å². The molecule has 19 heavy (non-hydrogen) atoms. The zero-order valence-corrected chi connectivity index (χ0v) is 11.3. The summed E-state index contributed by atoms with van der Waals surface area (Å²) in [6.45, 7) is 5.07. The Labute approximate surface area is 113 Å². The molecule has 0 aliphatic carbocycles. The van der Waals surface area contributed by atoms with Gasteiger partial charge >= 0.3 is 0 Å². The number of nitrogens with zero attached hydrogens (tertiary/aromatic N) is 2. The van der Waals surface area contributed by atoms with E-state index in [1.54, 1.807) is 0 Å². The highest BCUT2D eigenvalue weighted by Crippen LogP contribution is 2.20. The van der Waals surface area contributed by atoms with Crippen LogP contribution >= 0.6 is 0 Å². The first-order chi connectivity index (χ1) is 9.20. The molecule has 0 atom stereocenters. The van der Waals surface area contributed by atoms with Gasteiger partial charge in [0.2, 0.25) is 0 Å². The summed E-state index contributed by atoms with van der Waals surface area (Å²) in [5.41, 5.74) is 4.48. The van der Waals surface area contributed by atoms with Crippen molar-refractivity contribution in [2.24, 2.45) is 0 Å². The highest BCUT2D eigenvalue weighted by molar-refractivity contribution is 5.61. The van der Waals surface area contributed by atoms with Gasteiger partial charge in [0.1, 0.15) is 5.82 Å². The number of hydrogen-bond acceptors (Lipinski definition) is 4. The Morgan fingerprint density at radius 1 is 1.05 bits per heavy atom. The zero-order valence-electron chi connectivity index (χ0n) is 11.3. The lowest BCUT2D eigenvalue weighted by Crippen LogP contribution is -2.05. The van der Waals surface area contributed by atoms with E-state index in [4.69, 9.17) is 5.11 Å². The van der Waals surface area contributed by atoms with Gasteiger partial charge < -0.3 is 10.4 Å². The largest absolute Gasteiger partial charge is 0.396 e. The minimum atomic E-state index is 0.182. The average molecular weight is 257 g/mol. The van der Waals surface area contributed by atoms with Crippen molar-refractivity contribution in [3.8, 4) is 11.3 Å². The summed E-state index contributed by atoms with van der Waals surface area (Å²) >= 11 is 0. The molecule has 0 aliphatic heterocycles. The van der Waals surface area contributed by atoms with Crippen LogP contribution in [-0.2, 0) is 0 Å². The number of aromatic nitrogens is 2. The molecular formula is C15H19N3O. The second-order valence-electron chi connectivity index (χ2n) is 4.61. The van der Waals surface area contributed by atoms with Crippen molar-refractivity contribution in [1.82, 2.24) is 10.2 Å². The van der Waals surface area contributed by atoms with Gasteiger partial charge in [-0.1, -0.05) is 12.1 Å². The number of rotatable bonds is 5. The van der Waals surface area contributed by atoms with E-state index in [2.05, 4.69) is 47.6 Å². The van der Waals surface area contributed by atoms with Crippen molar-refractivity contribution in [2.75, 3.05) is 18.5 Å². The van der Waals surface area contributed by atoms with Crippen LogP contribution in [0, 0.1) is 13.8 Å². The van der Waals surface area contributed by atoms with Gasteiger partial charge in [0.05, 0.1) is 5.69 Å². The van der Waals surface area contributed by atoms with Gasteiger partial charge in [0.15, 0.2) is 0 Å². The molecule has 4 heteroatoms. The van der Waals surface area contributed by atoms with Crippen molar-refractivity contribution < 1.29 is 5.11 Å². The highest BCUT2D eigenvalue weighted by Gasteiger charge is 2.02. The van der Waals surface area contributed by atoms with Crippen molar-refractivity contribution in [2.45, 2.75) is 20.3 Å². The van der Waals surface area contributed by atoms with E-state index < -0.39 is 0 Å². The van der Waals surface area contributed by atoms with Crippen LogP contribution < -0.4 is 5.32 Å². The van der Waals surface area contributed by atoms with Crippen LogP contribution in [0.25, 0.3) is 11.3 Å². The van der Waals surface area contributed by atoms with Crippen LogP contribution in [-0.4, -0.2) is 28.5 Å². The fourth-order valence-corrected chi connectivity index (χ4v) is 1.78. The first kappa shape index (κ1) is 13.5. The second-order valence-corrected chi connectivity index (χ2v) is 4.61. The molecule has 1 heterocycles. The standard InChI is InChI=1S/C15H19N3O/c1-11-4-5-13(10-12(11)2)14-6-7-15(18-17-14)16-8-3-9-19/h4-7,10,19H,3,8-9H2,1-2H3,(H,16,18). The number of aliphatic hydroxyl groups is 1. The topological polar surface area (TPSA) is 58.0 Å². The molecule has 2 aromatic rings. The zero-order chi connectivity index (χ0) is 13.7. The molecule has 0 radical (unpaired) electrons. The Balaban J connectivity index is 2.11. The number of benzene rings is 1. The Morgan fingerprint density at radius 2 is 1.89 bits per heavy atom. The van der Waals surface area contributed by atoms with Crippen LogP contribution in [0.3, 0.4) is 0 Å². The number of anilines is 1. The van der Waals surface area contributed by atoms with E-state index in [-0.39, 0.29) is 6.61 Å². The van der Waals surface area contributed by atoms with Gasteiger partial charge in [-0.2, -0.15) is 0 Å². The molecule has 1 aromatic carbocycles. The van der Waals surface area contributed by atoms with Crippen molar-refractivity contribution >= 4 is 5.82 Å². The minimum absolute atomic E-state index is 0.182. The molecule has 0 unspecified atom stereocenters. The maximum atomic E-state index is 8.71. The summed E-state index contributed by atoms with van der Waals surface area (Å²) in [7, 11) is 0. The van der Waals surface area contributed by atoms with Crippen LogP contribution in [0.5, 0.6) is 0 Å². The predicted molar refractivity (Wildman–Crippen MR) is 77.1 cm³/mol. The SMILES string of the molecule is Cc1ccc(-c2ccc(NCCCO)nn2)cc1C. The molecule has 2 N–H and O–H groups in total. The number of hydrogen-bond donors (Lipinski definition) is 2. The normalized spacial score (nSPS) is 10.5. The van der Waals surface area contributed by atoms with Crippen molar-refractivity contribution in [3.63, 3.8) is 0 Å². The molecule has 1 aromatic heterocycles. The van der Waals surface area contributed by atoms with Gasteiger partial charge in [-0.05, 0) is 49.6 Å². The molecule has 0 amide bonds. The van der Waals surface area contributed by atoms with Crippen molar-refractivity contribution in [3.05, 3.63) is 41.5 Å². The van der Waals surface area contributed by atoms with Gasteiger partial charge in [-0.25, -0.2) is 0 Å². The van der Waals surface area contributed by atoms with Gasteiger partial charge in [-0.15, -0.1) is 10.2 Å². The van der Waals surface area contributed by atoms with Gasteiger partial charge in [0, 0.05) is 18.7 Å². The van der Waals surface area contributed by atoms with Crippen molar-refractivity contribution in [1.29, 1.82) is 0 Å². The Kier molecular flexibility index (Phi) is 4.47. The summed E-state index contributed by atoms with van der Waals surface area (Å²) in [5.74, 6) is 0.737. The first-order valence-corrected chi connectivity index (χ1v) is 6.47. The fourth-order valence-electron chi connectivity index (χ4n) is 1.78. The monoisotopic (exact) mass is 257 g/mol. The van der Waals surface area contributed by atoms with E-state index in [0.717, 1.165) is 17.1 Å². The molecule has 100 valence electrons.